The van der Waals surface area contributed by atoms with Gasteiger partial charge in [-0.15, -0.1) is 0 Å². The molecule has 0 radical (unpaired) electrons. The molecule has 0 bridgehead atoms. The molecule has 152 valence electrons. The predicted molar refractivity (Wildman–Crippen MR) is 112 cm³/mol. The second-order valence-corrected chi connectivity index (χ2v) is 7.22. The van der Waals surface area contributed by atoms with E-state index in [2.05, 4.69) is 10.6 Å². The monoisotopic (exact) mass is 395 g/mol. The van der Waals surface area contributed by atoms with Gasteiger partial charge in [-0.25, -0.2) is 0 Å². The fourth-order valence-corrected chi connectivity index (χ4v) is 3.62. The van der Waals surface area contributed by atoms with Gasteiger partial charge in [-0.2, -0.15) is 0 Å². The highest BCUT2D eigenvalue weighted by Gasteiger charge is 2.25. The fourth-order valence-electron chi connectivity index (χ4n) is 3.62. The first-order valence-corrected chi connectivity index (χ1v) is 9.48. The summed E-state index contributed by atoms with van der Waals surface area (Å²) in [7, 11) is 1.53. The Labute approximate surface area is 170 Å². The number of anilines is 3. The van der Waals surface area contributed by atoms with Crippen molar-refractivity contribution in [3.63, 3.8) is 0 Å². The van der Waals surface area contributed by atoms with Gasteiger partial charge in [-0.05, 0) is 56.5 Å². The molecule has 0 saturated carbocycles. The van der Waals surface area contributed by atoms with E-state index in [1.54, 1.807) is 23.1 Å². The molecule has 0 unspecified atom stereocenters. The number of carbonyl (C=O) groups is 3. The van der Waals surface area contributed by atoms with Gasteiger partial charge in [0.2, 0.25) is 5.91 Å². The minimum absolute atomic E-state index is 0.00911. The summed E-state index contributed by atoms with van der Waals surface area (Å²) in [5, 5.41) is 5.28. The number of amides is 3. The molecule has 7 heteroatoms. The number of carbonyl (C=O) groups excluding carboxylic acids is 3. The largest absolute Gasteiger partial charge is 0.495 e. The maximum atomic E-state index is 12.4. The van der Waals surface area contributed by atoms with Crippen molar-refractivity contribution >= 4 is 34.8 Å². The first-order chi connectivity index (χ1) is 13.8. The van der Waals surface area contributed by atoms with Crippen molar-refractivity contribution in [2.45, 2.75) is 33.6 Å². The standard InChI is InChI=1S/C22H25N3O4/c1-13-10-14(2)20(15(3)11-13)24-22(28)21(27)23-16-7-8-18(29-4)17(12-16)25-9-5-6-19(25)26/h7-8,10-12H,5-6,9H2,1-4H3,(H,23,27)(H,24,28). The average molecular weight is 395 g/mol. The lowest BCUT2D eigenvalue weighted by Gasteiger charge is -2.20. The number of hydrogen-bond donors (Lipinski definition) is 2. The van der Waals surface area contributed by atoms with E-state index in [9.17, 15) is 14.4 Å². The number of methoxy groups -OCH3 is 1. The van der Waals surface area contributed by atoms with E-state index in [-0.39, 0.29) is 5.91 Å². The first-order valence-electron chi connectivity index (χ1n) is 9.48. The molecule has 0 atom stereocenters. The van der Waals surface area contributed by atoms with E-state index in [1.807, 2.05) is 32.9 Å². The van der Waals surface area contributed by atoms with Crippen LogP contribution in [0.4, 0.5) is 17.1 Å². The molecule has 1 saturated heterocycles. The topological polar surface area (TPSA) is 87.7 Å². The Balaban J connectivity index is 1.77. The van der Waals surface area contributed by atoms with Crippen LogP contribution in [-0.4, -0.2) is 31.4 Å². The van der Waals surface area contributed by atoms with Crippen molar-refractivity contribution in [3.8, 4) is 5.75 Å². The number of hydrogen-bond acceptors (Lipinski definition) is 4. The first kappa shape index (κ1) is 20.4. The smallest absolute Gasteiger partial charge is 0.314 e. The van der Waals surface area contributed by atoms with Crippen LogP contribution in [0, 0.1) is 20.8 Å². The summed E-state index contributed by atoms with van der Waals surface area (Å²) in [6.07, 6.45) is 1.26. The van der Waals surface area contributed by atoms with Gasteiger partial charge in [0.05, 0.1) is 12.8 Å². The fraction of sp³-hybridized carbons (Fsp3) is 0.318. The van der Waals surface area contributed by atoms with Crippen molar-refractivity contribution in [1.29, 1.82) is 0 Å². The van der Waals surface area contributed by atoms with Crippen molar-refractivity contribution in [3.05, 3.63) is 47.0 Å². The number of aryl methyl sites for hydroxylation is 3. The van der Waals surface area contributed by atoms with Crippen LogP contribution < -0.4 is 20.3 Å². The Bertz CT molecular complexity index is 961. The SMILES string of the molecule is COc1ccc(NC(=O)C(=O)Nc2c(C)cc(C)cc2C)cc1N1CCCC1=O. The minimum Gasteiger partial charge on any atom is -0.495 e. The van der Waals surface area contributed by atoms with Gasteiger partial charge in [0.1, 0.15) is 5.75 Å². The van der Waals surface area contributed by atoms with Crippen molar-refractivity contribution < 1.29 is 19.1 Å². The Morgan fingerprint density at radius 2 is 1.66 bits per heavy atom. The van der Waals surface area contributed by atoms with Crippen molar-refractivity contribution in [2.75, 3.05) is 29.2 Å². The number of rotatable bonds is 4. The zero-order valence-electron chi connectivity index (χ0n) is 17.1. The summed E-state index contributed by atoms with van der Waals surface area (Å²) in [5.74, 6) is -0.994. The Hall–Kier alpha value is -3.35. The molecule has 7 nitrogen and oxygen atoms in total. The molecule has 0 spiro atoms. The third kappa shape index (κ3) is 4.39. The van der Waals surface area contributed by atoms with E-state index in [1.165, 1.54) is 7.11 Å². The highest BCUT2D eigenvalue weighted by Crippen LogP contribution is 2.34. The predicted octanol–water partition coefficient (Wildman–Crippen LogP) is 3.32. The number of nitrogens with zero attached hydrogens (tertiary/aromatic N) is 1. The molecule has 2 aromatic rings. The lowest BCUT2D eigenvalue weighted by Crippen LogP contribution is -2.30. The van der Waals surface area contributed by atoms with E-state index in [0.29, 0.717) is 35.8 Å². The lowest BCUT2D eigenvalue weighted by molar-refractivity contribution is -0.133. The molecule has 1 fully saturated rings. The quantitative estimate of drug-likeness (QED) is 0.778. The summed E-state index contributed by atoms with van der Waals surface area (Å²) >= 11 is 0. The average Bonchev–Trinajstić information content (AvgIpc) is 3.10. The number of benzene rings is 2. The summed E-state index contributed by atoms with van der Waals surface area (Å²) in [4.78, 5) is 38.6. The second-order valence-electron chi connectivity index (χ2n) is 7.22. The summed E-state index contributed by atoms with van der Waals surface area (Å²) in [6.45, 7) is 6.34. The van der Waals surface area contributed by atoms with Crippen LogP contribution in [0.5, 0.6) is 5.75 Å². The molecule has 1 aliphatic heterocycles. The number of nitrogens with one attached hydrogen (secondary N) is 2. The van der Waals surface area contributed by atoms with Gasteiger partial charge >= 0.3 is 11.8 Å². The minimum atomic E-state index is -0.784. The molecular formula is C22H25N3O4. The van der Waals surface area contributed by atoms with Crippen LogP contribution >= 0.6 is 0 Å². The highest BCUT2D eigenvalue weighted by atomic mass is 16.5. The van der Waals surface area contributed by atoms with Gasteiger partial charge in [0, 0.05) is 24.3 Å². The maximum Gasteiger partial charge on any atom is 0.314 e. The van der Waals surface area contributed by atoms with Crippen LogP contribution in [0.25, 0.3) is 0 Å². The van der Waals surface area contributed by atoms with E-state index >= 15 is 0 Å². The van der Waals surface area contributed by atoms with E-state index in [0.717, 1.165) is 23.1 Å². The van der Waals surface area contributed by atoms with E-state index < -0.39 is 11.8 Å². The number of ether oxygens (including phenoxy) is 1. The summed E-state index contributed by atoms with van der Waals surface area (Å²) in [6, 6.07) is 8.85. The molecule has 2 N–H and O–H groups in total. The molecular weight excluding hydrogens is 370 g/mol. The molecule has 0 aromatic heterocycles. The summed E-state index contributed by atoms with van der Waals surface area (Å²) in [5.41, 5.74) is 4.50. The zero-order valence-corrected chi connectivity index (χ0v) is 17.1. The Morgan fingerprint density at radius 1 is 1.00 bits per heavy atom. The normalized spacial score (nSPS) is 13.4. The molecule has 3 amide bonds. The van der Waals surface area contributed by atoms with Crippen LogP contribution in [0.3, 0.4) is 0 Å². The maximum absolute atomic E-state index is 12.4. The van der Waals surface area contributed by atoms with Crippen molar-refractivity contribution in [1.82, 2.24) is 0 Å². The zero-order chi connectivity index (χ0) is 21.1. The molecule has 1 heterocycles. The second kappa shape index (κ2) is 8.34. The van der Waals surface area contributed by atoms with Gasteiger partial charge < -0.3 is 20.3 Å². The summed E-state index contributed by atoms with van der Waals surface area (Å²) < 4.78 is 5.34. The third-order valence-electron chi connectivity index (χ3n) is 4.92. The molecule has 0 aliphatic carbocycles. The van der Waals surface area contributed by atoms with Crippen LogP contribution in [0.15, 0.2) is 30.3 Å². The molecule has 1 aliphatic rings. The molecule has 3 rings (SSSR count). The van der Waals surface area contributed by atoms with Crippen LogP contribution in [0.1, 0.15) is 29.5 Å². The van der Waals surface area contributed by atoms with Gasteiger partial charge in [0.25, 0.3) is 0 Å². The highest BCUT2D eigenvalue weighted by molar-refractivity contribution is 6.43. The van der Waals surface area contributed by atoms with Crippen molar-refractivity contribution in [2.24, 2.45) is 0 Å². The van der Waals surface area contributed by atoms with Gasteiger partial charge in [0.15, 0.2) is 0 Å². The Kier molecular flexibility index (Phi) is 5.87. The van der Waals surface area contributed by atoms with Gasteiger partial charge in [-0.3, -0.25) is 14.4 Å². The van der Waals surface area contributed by atoms with E-state index in [4.69, 9.17) is 4.74 Å². The molecule has 2 aromatic carbocycles. The van der Waals surface area contributed by atoms with Gasteiger partial charge in [-0.1, -0.05) is 17.7 Å². The lowest BCUT2D eigenvalue weighted by atomic mass is 10.1. The Morgan fingerprint density at radius 3 is 2.24 bits per heavy atom. The van der Waals surface area contributed by atoms with Crippen LogP contribution in [0.2, 0.25) is 0 Å². The molecule has 29 heavy (non-hydrogen) atoms. The van der Waals surface area contributed by atoms with Crippen LogP contribution in [-0.2, 0) is 14.4 Å². The third-order valence-corrected chi connectivity index (χ3v) is 4.92.